The first-order valence-electron chi connectivity index (χ1n) is 9.92. The number of hydrogen-bond acceptors (Lipinski definition) is 4. The number of thiazole rings is 1. The molecular formula is C25H16Cl2N2O2S. The number of nitrogens with zero attached hydrogens (tertiary/aromatic N) is 2. The fourth-order valence-electron chi connectivity index (χ4n) is 3.80. The number of aromatic nitrogens is 1. The third-order valence-electron chi connectivity index (χ3n) is 5.34. The second kappa shape index (κ2) is 8.51. The van der Waals surface area contributed by atoms with Crippen LogP contribution in [0.25, 0.3) is 6.08 Å². The van der Waals surface area contributed by atoms with Crippen molar-refractivity contribution >= 4 is 46.4 Å². The van der Waals surface area contributed by atoms with E-state index in [0.29, 0.717) is 24.9 Å². The van der Waals surface area contributed by atoms with Gasteiger partial charge in [-0.3, -0.25) is 14.2 Å². The average Bonchev–Trinajstić information content (AvgIpc) is 3.10. The predicted octanol–water partition coefficient (Wildman–Crippen LogP) is 4.58. The molecule has 2 atom stereocenters. The summed E-state index contributed by atoms with van der Waals surface area (Å²) in [7, 11) is 0. The smallest absolute Gasteiger partial charge is 0.271 e. The minimum absolute atomic E-state index is 0.173. The first kappa shape index (κ1) is 20.9. The zero-order valence-electron chi connectivity index (χ0n) is 16.6. The van der Waals surface area contributed by atoms with Crippen molar-refractivity contribution in [3.05, 3.63) is 125 Å². The van der Waals surface area contributed by atoms with Gasteiger partial charge in [-0.05, 0) is 47.0 Å². The summed E-state index contributed by atoms with van der Waals surface area (Å²) >= 11 is 13.4. The molecule has 1 aromatic heterocycles. The molecule has 0 amide bonds. The van der Waals surface area contributed by atoms with E-state index >= 15 is 0 Å². The number of Topliss-reactive ketones (excluding diaryl/α,β-unsaturated/α-hetero) is 1. The van der Waals surface area contributed by atoms with E-state index in [-0.39, 0.29) is 11.3 Å². The number of fused-ring (bicyclic) bond motifs is 1. The lowest BCUT2D eigenvalue weighted by atomic mass is 9.92. The first-order valence-corrected chi connectivity index (χ1v) is 11.5. The molecule has 4 nitrogen and oxygen atoms in total. The Morgan fingerprint density at radius 3 is 2.03 bits per heavy atom. The summed E-state index contributed by atoms with van der Waals surface area (Å²) in [6, 6.07) is 22.2. The number of carbonyl (C=O) groups excluding carboxylic acids is 1. The molecule has 0 aliphatic carbocycles. The SMILES string of the molecule is O=C1C(c2ccc(Cl)cc2)N=c2s/c(=C\c3ccccc3)c(=O)n2C1c1ccc(Cl)cc1. The maximum Gasteiger partial charge on any atom is 0.271 e. The number of hydrogen-bond donors (Lipinski definition) is 0. The molecule has 7 heteroatoms. The van der Waals surface area contributed by atoms with Crippen LogP contribution in [0.15, 0.2) is 88.6 Å². The Balaban J connectivity index is 1.75. The largest absolute Gasteiger partial charge is 0.294 e. The summed E-state index contributed by atoms with van der Waals surface area (Å²) in [6.45, 7) is 0. The molecule has 0 radical (unpaired) electrons. The van der Waals surface area contributed by atoms with Crippen LogP contribution in [0.3, 0.4) is 0 Å². The van der Waals surface area contributed by atoms with E-state index in [2.05, 4.69) is 4.99 Å². The molecule has 1 aliphatic heterocycles. The standard InChI is InChI=1S/C25H16Cl2N2O2S/c26-18-10-6-16(7-11-18)21-23(30)22(17-8-12-19(27)13-9-17)29-24(31)20(32-25(29)28-21)14-15-4-2-1-3-5-15/h1-14,21-22H/b20-14-. The van der Waals surface area contributed by atoms with Crippen molar-refractivity contribution < 1.29 is 4.79 Å². The summed E-state index contributed by atoms with van der Waals surface area (Å²) in [5.74, 6) is -0.173. The fourth-order valence-corrected chi connectivity index (χ4v) is 5.07. The topological polar surface area (TPSA) is 51.4 Å². The van der Waals surface area contributed by atoms with Crippen molar-refractivity contribution in [2.45, 2.75) is 12.1 Å². The van der Waals surface area contributed by atoms with E-state index in [1.807, 2.05) is 36.4 Å². The molecule has 0 bridgehead atoms. The zero-order valence-corrected chi connectivity index (χ0v) is 18.9. The van der Waals surface area contributed by atoms with Gasteiger partial charge in [-0.25, -0.2) is 4.99 Å². The van der Waals surface area contributed by atoms with E-state index in [9.17, 15) is 9.59 Å². The van der Waals surface area contributed by atoms with Crippen LogP contribution in [0.5, 0.6) is 0 Å². The van der Waals surface area contributed by atoms with Gasteiger partial charge in [-0.1, -0.05) is 89.1 Å². The Morgan fingerprint density at radius 1 is 0.812 bits per heavy atom. The molecule has 158 valence electrons. The van der Waals surface area contributed by atoms with Gasteiger partial charge in [0, 0.05) is 10.0 Å². The maximum absolute atomic E-state index is 13.7. The lowest BCUT2D eigenvalue weighted by Gasteiger charge is -2.25. The van der Waals surface area contributed by atoms with Crippen LogP contribution < -0.4 is 14.9 Å². The van der Waals surface area contributed by atoms with Gasteiger partial charge in [0.25, 0.3) is 5.56 Å². The van der Waals surface area contributed by atoms with Gasteiger partial charge in [-0.2, -0.15) is 0 Å². The second-order valence-electron chi connectivity index (χ2n) is 7.42. The van der Waals surface area contributed by atoms with Gasteiger partial charge in [-0.15, -0.1) is 0 Å². The normalized spacial score (nSPS) is 18.3. The van der Waals surface area contributed by atoms with E-state index in [4.69, 9.17) is 23.2 Å². The van der Waals surface area contributed by atoms with Gasteiger partial charge in [0.2, 0.25) is 0 Å². The number of carbonyl (C=O) groups is 1. The summed E-state index contributed by atoms with van der Waals surface area (Å²) < 4.78 is 2.02. The van der Waals surface area contributed by atoms with Crippen LogP contribution in [-0.4, -0.2) is 10.4 Å². The third-order valence-corrected chi connectivity index (χ3v) is 6.84. The number of rotatable bonds is 3. The van der Waals surface area contributed by atoms with Gasteiger partial charge in [0.05, 0.1) is 4.53 Å². The highest BCUT2D eigenvalue weighted by Gasteiger charge is 2.36. The minimum Gasteiger partial charge on any atom is -0.294 e. The summed E-state index contributed by atoms with van der Waals surface area (Å²) in [4.78, 5) is 32.2. The Morgan fingerprint density at radius 2 is 1.41 bits per heavy atom. The lowest BCUT2D eigenvalue weighted by molar-refractivity contribution is -0.123. The third kappa shape index (κ3) is 3.84. The molecule has 2 unspecified atom stereocenters. The van der Waals surface area contributed by atoms with Crippen molar-refractivity contribution in [2.75, 3.05) is 0 Å². The highest BCUT2D eigenvalue weighted by molar-refractivity contribution is 7.07. The molecule has 4 aromatic rings. The predicted molar refractivity (Wildman–Crippen MR) is 128 cm³/mol. The molecule has 0 spiro atoms. The van der Waals surface area contributed by atoms with Crippen LogP contribution in [-0.2, 0) is 4.79 Å². The Bertz CT molecular complexity index is 1470. The minimum atomic E-state index is -0.790. The van der Waals surface area contributed by atoms with Gasteiger partial charge >= 0.3 is 0 Å². The van der Waals surface area contributed by atoms with E-state index in [1.54, 1.807) is 48.5 Å². The molecule has 0 N–H and O–H groups in total. The fraction of sp³-hybridized carbons (Fsp3) is 0.0800. The van der Waals surface area contributed by atoms with Crippen molar-refractivity contribution in [3.8, 4) is 0 Å². The molecular weight excluding hydrogens is 463 g/mol. The molecule has 3 aromatic carbocycles. The van der Waals surface area contributed by atoms with Crippen molar-refractivity contribution in [1.82, 2.24) is 4.57 Å². The van der Waals surface area contributed by atoms with Gasteiger partial charge in [0.15, 0.2) is 10.6 Å². The number of benzene rings is 3. The van der Waals surface area contributed by atoms with E-state index in [1.165, 1.54) is 15.9 Å². The van der Waals surface area contributed by atoms with E-state index < -0.39 is 12.1 Å². The Kier molecular flexibility index (Phi) is 5.55. The highest BCUT2D eigenvalue weighted by atomic mass is 35.5. The van der Waals surface area contributed by atoms with Gasteiger partial charge in [0.1, 0.15) is 12.1 Å². The maximum atomic E-state index is 13.7. The molecule has 5 rings (SSSR count). The van der Waals surface area contributed by atoms with Crippen LogP contribution in [0.1, 0.15) is 28.8 Å². The van der Waals surface area contributed by atoms with Crippen LogP contribution in [0, 0.1) is 0 Å². The Hall–Kier alpha value is -2.99. The summed E-state index contributed by atoms with van der Waals surface area (Å²) in [6.07, 6.45) is 1.83. The monoisotopic (exact) mass is 478 g/mol. The summed E-state index contributed by atoms with van der Waals surface area (Å²) in [5, 5.41) is 1.14. The van der Waals surface area contributed by atoms with Crippen molar-refractivity contribution in [1.29, 1.82) is 0 Å². The van der Waals surface area contributed by atoms with Crippen molar-refractivity contribution in [2.24, 2.45) is 4.99 Å². The molecule has 1 aliphatic rings. The highest BCUT2D eigenvalue weighted by Crippen LogP contribution is 2.31. The molecule has 0 saturated carbocycles. The van der Waals surface area contributed by atoms with Crippen LogP contribution in [0.2, 0.25) is 10.0 Å². The second-order valence-corrected chi connectivity index (χ2v) is 9.30. The lowest BCUT2D eigenvalue weighted by Crippen LogP contribution is -2.43. The quantitative estimate of drug-likeness (QED) is 0.432. The number of halogens is 2. The van der Waals surface area contributed by atoms with Gasteiger partial charge < -0.3 is 0 Å². The molecule has 2 heterocycles. The summed E-state index contributed by atoms with van der Waals surface area (Å²) in [5.41, 5.74) is 2.10. The van der Waals surface area contributed by atoms with E-state index in [0.717, 1.165) is 11.1 Å². The molecule has 32 heavy (non-hydrogen) atoms. The molecule has 0 fully saturated rings. The number of ketones is 1. The molecule has 0 saturated heterocycles. The van der Waals surface area contributed by atoms with Crippen LogP contribution >= 0.6 is 34.5 Å². The first-order chi connectivity index (χ1) is 15.5. The van der Waals surface area contributed by atoms with Crippen molar-refractivity contribution in [3.63, 3.8) is 0 Å². The van der Waals surface area contributed by atoms with Crippen LogP contribution in [0.4, 0.5) is 0 Å². The Labute approximate surface area is 197 Å². The average molecular weight is 479 g/mol. The zero-order chi connectivity index (χ0) is 22.2.